The van der Waals surface area contributed by atoms with Crippen LogP contribution in [-0.4, -0.2) is 42.4 Å². The average Bonchev–Trinajstić information content (AvgIpc) is 3.20. The van der Waals surface area contributed by atoms with Gasteiger partial charge in [0.1, 0.15) is 21.3 Å². The van der Waals surface area contributed by atoms with E-state index in [1.807, 2.05) is 27.7 Å². The van der Waals surface area contributed by atoms with E-state index in [2.05, 4.69) is 38.9 Å². The van der Waals surface area contributed by atoms with Crippen molar-refractivity contribution in [3.63, 3.8) is 0 Å². The summed E-state index contributed by atoms with van der Waals surface area (Å²) in [6.07, 6.45) is 4.39. The normalized spacial score (nSPS) is 19.4. The van der Waals surface area contributed by atoms with E-state index >= 15 is 0 Å². The molecule has 8 nitrogen and oxygen atoms in total. The predicted octanol–water partition coefficient (Wildman–Crippen LogP) is 4.99. The zero-order valence-electron chi connectivity index (χ0n) is 22.7. The Hall–Kier alpha value is -2.08. The number of halogens is 1. The van der Waals surface area contributed by atoms with Gasteiger partial charge in [-0.25, -0.2) is 15.0 Å². The minimum Gasteiger partial charge on any atom is -0.598 e. The Balaban J connectivity index is 1.38. The summed E-state index contributed by atoms with van der Waals surface area (Å²) in [4.78, 5) is 16.7. The van der Waals surface area contributed by atoms with Gasteiger partial charge in [0.2, 0.25) is 0 Å². The van der Waals surface area contributed by atoms with E-state index in [1.165, 1.54) is 22.9 Å². The van der Waals surface area contributed by atoms with Crippen LogP contribution in [0.1, 0.15) is 62.2 Å². The van der Waals surface area contributed by atoms with E-state index in [0.29, 0.717) is 21.6 Å². The Morgan fingerprint density at radius 3 is 2.64 bits per heavy atom. The molecule has 4 N–H and O–H groups in total. The molecule has 0 radical (unpaired) electrons. The van der Waals surface area contributed by atoms with Crippen LogP contribution < -0.4 is 15.4 Å². The molecule has 1 spiro atoms. The first-order valence-corrected chi connectivity index (χ1v) is 15.4. The zero-order chi connectivity index (χ0) is 27.9. The number of nitrogens with one attached hydrogen (secondary N) is 1. The number of aliphatic hydroxyl groups is 1. The number of hydrogen-bond donors (Lipinski definition) is 3. The Kier molecular flexibility index (Phi) is 8.07. The smallest absolute Gasteiger partial charge is 0.153 e. The third kappa shape index (κ3) is 5.60. The summed E-state index contributed by atoms with van der Waals surface area (Å²) in [7, 11) is 0. The molecular formula is C28H35ClN6O2S2. The maximum Gasteiger partial charge on any atom is 0.153 e. The van der Waals surface area contributed by atoms with Gasteiger partial charge >= 0.3 is 0 Å². The lowest BCUT2D eigenvalue weighted by Crippen LogP contribution is -2.50. The standard InChI is InChI=1S/C28H35ClN6O2S2/c1-17-26(38-21-9-12-31-24(30)22(21)29)33-20(16-36)25(32-17)35-13-10-28(11-14-35)15-18-7-5-6-8-19(18)23(28)34-39(37)27(2,3)4/h5-9,12,23,34,36H,10-11,13-16H2,1-4H3,(H2,30,31)/t23-,39-/m1/s1. The second kappa shape index (κ2) is 11.1. The highest BCUT2D eigenvalue weighted by molar-refractivity contribution is 7.99. The number of nitrogens with zero attached hydrogens (tertiary/aromatic N) is 4. The van der Waals surface area contributed by atoms with Crippen molar-refractivity contribution in [2.75, 3.05) is 23.7 Å². The summed E-state index contributed by atoms with van der Waals surface area (Å²) in [5, 5.41) is 11.3. The lowest BCUT2D eigenvalue weighted by Gasteiger charge is -2.44. The van der Waals surface area contributed by atoms with Gasteiger partial charge in [-0.05, 0) is 64.2 Å². The highest BCUT2D eigenvalue weighted by Gasteiger charge is 2.50. The first-order chi connectivity index (χ1) is 18.5. The van der Waals surface area contributed by atoms with Crippen molar-refractivity contribution in [1.29, 1.82) is 0 Å². The second-order valence-electron chi connectivity index (χ2n) is 11.3. The number of rotatable bonds is 6. The van der Waals surface area contributed by atoms with E-state index in [-0.39, 0.29) is 28.6 Å². The number of piperidine rings is 1. The van der Waals surface area contributed by atoms with Crippen molar-refractivity contribution < 1.29 is 9.66 Å². The van der Waals surface area contributed by atoms with Crippen LogP contribution in [0.25, 0.3) is 0 Å². The highest BCUT2D eigenvalue weighted by Crippen LogP contribution is 2.53. The SMILES string of the molecule is Cc1nc(N2CCC3(CC2)Cc2ccccc2[C@H]3N[S@+]([O-])C(C)(C)C)c(CO)nc1Sc1ccnc(N)c1Cl. The third-order valence-corrected chi connectivity index (χ3v) is 10.9. The molecule has 0 unspecified atom stereocenters. The Morgan fingerprint density at radius 2 is 1.95 bits per heavy atom. The van der Waals surface area contributed by atoms with Gasteiger partial charge in [-0.1, -0.05) is 47.6 Å². The first-order valence-electron chi connectivity index (χ1n) is 13.1. The zero-order valence-corrected chi connectivity index (χ0v) is 25.1. The molecule has 1 saturated heterocycles. The summed E-state index contributed by atoms with van der Waals surface area (Å²) in [5.41, 5.74) is 9.72. The number of benzene rings is 1. The summed E-state index contributed by atoms with van der Waals surface area (Å²) < 4.78 is 16.4. The van der Waals surface area contributed by atoms with Crippen LogP contribution in [0.5, 0.6) is 0 Å². The predicted molar refractivity (Wildman–Crippen MR) is 158 cm³/mol. The number of pyridine rings is 1. The van der Waals surface area contributed by atoms with Gasteiger partial charge in [-0.2, -0.15) is 0 Å². The van der Waals surface area contributed by atoms with E-state index in [9.17, 15) is 9.66 Å². The van der Waals surface area contributed by atoms with Crippen LogP contribution >= 0.6 is 23.4 Å². The number of aliphatic hydroxyl groups excluding tert-OH is 1. The molecule has 0 bridgehead atoms. The molecular weight excluding hydrogens is 552 g/mol. The maximum atomic E-state index is 13.2. The molecule has 39 heavy (non-hydrogen) atoms. The molecule has 0 amide bonds. The van der Waals surface area contributed by atoms with Crippen molar-refractivity contribution in [3.05, 3.63) is 64.1 Å². The fraction of sp³-hybridized carbons (Fsp3) is 0.464. The molecule has 1 aromatic carbocycles. The van der Waals surface area contributed by atoms with Gasteiger partial charge in [-0.15, -0.1) is 4.72 Å². The molecule has 1 fully saturated rings. The number of aryl methyl sites for hydroxylation is 1. The van der Waals surface area contributed by atoms with Gasteiger partial charge in [0.25, 0.3) is 0 Å². The number of hydrogen-bond acceptors (Lipinski definition) is 9. The van der Waals surface area contributed by atoms with E-state index < -0.39 is 11.4 Å². The summed E-state index contributed by atoms with van der Waals surface area (Å²) in [5.74, 6) is 0.981. The van der Waals surface area contributed by atoms with Crippen LogP contribution in [0.4, 0.5) is 11.6 Å². The van der Waals surface area contributed by atoms with Crippen molar-refractivity contribution >= 4 is 46.4 Å². The molecule has 5 rings (SSSR count). The van der Waals surface area contributed by atoms with E-state index in [0.717, 1.165) is 42.9 Å². The third-order valence-electron chi connectivity index (χ3n) is 7.68. The van der Waals surface area contributed by atoms with Crippen molar-refractivity contribution in [2.24, 2.45) is 5.41 Å². The lowest BCUT2D eigenvalue weighted by molar-refractivity contribution is 0.175. The Bertz CT molecular complexity index is 1360. The fourth-order valence-electron chi connectivity index (χ4n) is 5.49. The van der Waals surface area contributed by atoms with Gasteiger partial charge in [-0.3, -0.25) is 0 Å². The number of fused-ring (bicyclic) bond motifs is 1. The number of anilines is 2. The molecule has 3 heterocycles. The minimum absolute atomic E-state index is 0.0253. The molecule has 2 atom stereocenters. The number of aromatic nitrogens is 3. The van der Waals surface area contributed by atoms with Gasteiger partial charge in [0, 0.05) is 41.0 Å². The second-order valence-corrected chi connectivity index (χ2v) is 14.7. The topological polar surface area (TPSA) is 123 Å². The van der Waals surface area contributed by atoms with Crippen LogP contribution in [0.2, 0.25) is 5.02 Å². The molecule has 208 valence electrons. The van der Waals surface area contributed by atoms with Crippen molar-refractivity contribution in [3.8, 4) is 0 Å². The van der Waals surface area contributed by atoms with Crippen LogP contribution in [-0.2, 0) is 24.4 Å². The molecule has 1 aliphatic heterocycles. The summed E-state index contributed by atoms with van der Waals surface area (Å²) >= 11 is 6.53. The number of nitrogen functional groups attached to an aromatic ring is 1. The molecule has 3 aromatic rings. The van der Waals surface area contributed by atoms with Gasteiger partial charge < -0.3 is 20.3 Å². The quantitative estimate of drug-likeness (QED) is 0.342. The van der Waals surface area contributed by atoms with E-state index in [1.54, 1.807) is 12.3 Å². The largest absolute Gasteiger partial charge is 0.598 e. The van der Waals surface area contributed by atoms with Crippen LogP contribution in [0.3, 0.4) is 0 Å². The molecule has 2 aromatic heterocycles. The molecule has 11 heteroatoms. The monoisotopic (exact) mass is 586 g/mol. The van der Waals surface area contributed by atoms with Crippen molar-refractivity contribution in [1.82, 2.24) is 19.7 Å². The number of nitrogens with two attached hydrogens (primary N) is 1. The van der Waals surface area contributed by atoms with Gasteiger partial charge in [0.05, 0.1) is 23.4 Å². The van der Waals surface area contributed by atoms with Gasteiger partial charge in [0.15, 0.2) is 5.82 Å². The minimum atomic E-state index is -1.18. The first kappa shape index (κ1) is 28.4. The van der Waals surface area contributed by atoms with Crippen molar-refractivity contribution in [2.45, 2.75) is 74.3 Å². The fourth-order valence-corrected chi connectivity index (χ4v) is 7.55. The molecule has 1 aliphatic carbocycles. The summed E-state index contributed by atoms with van der Waals surface area (Å²) in [6.45, 7) is 9.25. The van der Waals surface area contributed by atoms with E-state index in [4.69, 9.17) is 27.3 Å². The lowest BCUT2D eigenvalue weighted by atomic mass is 9.73. The average molecular weight is 587 g/mol. The molecule has 2 aliphatic rings. The van der Waals surface area contributed by atoms with Crippen LogP contribution in [0.15, 0.2) is 46.5 Å². The molecule has 0 saturated carbocycles. The Morgan fingerprint density at radius 1 is 1.23 bits per heavy atom. The summed E-state index contributed by atoms with van der Waals surface area (Å²) in [6, 6.07) is 10.3. The maximum absolute atomic E-state index is 13.2. The Labute approximate surface area is 242 Å². The van der Waals surface area contributed by atoms with Crippen LogP contribution in [0, 0.1) is 12.3 Å². The highest BCUT2D eigenvalue weighted by atomic mass is 35.5.